The molecular weight excluding hydrogens is 371 g/mol. The van der Waals surface area contributed by atoms with Gasteiger partial charge >= 0.3 is 6.03 Å². The van der Waals surface area contributed by atoms with Gasteiger partial charge in [0.1, 0.15) is 0 Å². The van der Waals surface area contributed by atoms with Crippen LogP contribution in [-0.4, -0.2) is 18.7 Å². The zero-order chi connectivity index (χ0) is 18.1. The molecule has 0 aromatic heterocycles. The highest BCUT2D eigenvalue weighted by Crippen LogP contribution is 2.32. The van der Waals surface area contributed by atoms with Gasteiger partial charge in [0.15, 0.2) is 0 Å². The lowest BCUT2D eigenvalue weighted by Crippen LogP contribution is -2.19. The minimum absolute atomic E-state index is 0.310. The fraction of sp³-hybridized carbons (Fsp3) is 0.350. The topological polar surface area (TPSA) is 50.4 Å². The van der Waals surface area contributed by atoms with E-state index in [2.05, 4.69) is 22.8 Å². The summed E-state index contributed by atoms with van der Waals surface area (Å²) in [5.74, 6) is 0.547. The van der Waals surface area contributed by atoms with Crippen molar-refractivity contribution < 1.29 is 9.53 Å². The molecule has 2 aromatic carbocycles. The van der Waals surface area contributed by atoms with Crippen LogP contribution in [0, 0.1) is 5.92 Å². The number of benzene rings is 2. The molecule has 0 heterocycles. The van der Waals surface area contributed by atoms with Crippen molar-refractivity contribution in [3.05, 3.63) is 57.6 Å². The third kappa shape index (κ3) is 4.32. The molecule has 2 aliphatic carbocycles. The van der Waals surface area contributed by atoms with Crippen LogP contribution < -0.4 is 10.6 Å². The fourth-order valence-corrected chi connectivity index (χ4v) is 3.58. The molecule has 1 unspecified atom stereocenters. The van der Waals surface area contributed by atoms with Crippen LogP contribution in [0.3, 0.4) is 0 Å². The fourth-order valence-electron chi connectivity index (χ4n) is 3.28. The average Bonchev–Trinajstić information content (AvgIpc) is 3.35. The summed E-state index contributed by atoms with van der Waals surface area (Å²) in [5.41, 5.74) is 4.02. The molecule has 4 nitrogen and oxygen atoms in total. The number of urea groups is 1. The highest BCUT2D eigenvalue weighted by Gasteiger charge is 2.27. The summed E-state index contributed by atoms with van der Waals surface area (Å²) in [5, 5.41) is 6.49. The minimum Gasteiger partial charge on any atom is -0.378 e. The van der Waals surface area contributed by atoms with E-state index in [9.17, 15) is 4.79 Å². The third-order valence-corrected chi connectivity index (χ3v) is 5.49. The largest absolute Gasteiger partial charge is 0.378 e. The molecule has 0 aliphatic heterocycles. The van der Waals surface area contributed by atoms with E-state index in [1.54, 1.807) is 18.2 Å². The number of ether oxygens (including phenoxy) is 1. The van der Waals surface area contributed by atoms with E-state index in [1.165, 1.54) is 24.0 Å². The zero-order valence-electron chi connectivity index (χ0n) is 14.2. The number of nitrogens with one attached hydrogen (secondary N) is 2. The van der Waals surface area contributed by atoms with Gasteiger partial charge in [0, 0.05) is 11.4 Å². The average molecular weight is 391 g/mol. The Labute approximate surface area is 162 Å². The van der Waals surface area contributed by atoms with Crippen LogP contribution in [0.15, 0.2) is 36.4 Å². The van der Waals surface area contributed by atoms with Gasteiger partial charge in [-0.1, -0.05) is 29.3 Å². The summed E-state index contributed by atoms with van der Waals surface area (Å²) < 4.78 is 5.85. The molecule has 0 radical (unpaired) electrons. The summed E-state index contributed by atoms with van der Waals surface area (Å²) >= 11 is 11.9. The lowest BCUT2D eigenvalue weighted by atomic mass is 10.1. The Morgan fingerprint density at radius 3 is 2.38 bits per heavy atom. The predicted molar refractivity (Wildman–Crippen MR) is 105 cm³/mol. The molecule has 0 spiro atoms. The highest BCUT2D eigenvalue weighted by atomic mass is 35.5. The second kappa shape index (κ2) is 7.47. The summed E-state index contributed by atoms with van der Waals surface area (Å²) in [6, 6.07) is 10.8. The highest BCUT2D eigenvalue weighted by molar-refractivity contribution is 6.42. The number of carbonyl (C=O) groups excluding carboxylic acids is 1. The van der Waals surface area contributed by atoms with Gasteiger partial charge in [-0.05, 0) is 73.1 Å². The van der Waals surface area contributed by atoms with Crippen LogP contribution in [0.1, 0.15) is 24.0 Å². The van der Waals surface area contributed by atoms with Crippen LogP contribution in [0.25, 0.3) is 0 Å². The smallest absolute Gasteiger partial charge is 0.323 e. The first kappa shape index (κ1) is 17.7. The van der Waals surface area contributed by atoms with E-state index in [4.69, 9.17) is 27.9 Å². The van der Waals surface area contributed by atoms with Crippen LogP contribution in [0.5, 0.6) is 0 Å². The van der Waals surface area contributed by atoms with Gasteiger partial charge in [-0.15, -0.1) is 0 Å². The summed E-state index contributed by atoms with van der Waals surface area (Å²) in [7, 11) is 0. The number of rotatable bonds is 5. The first-order chi connectivity index (χ1) is 12.6. The molecule has 0 saturated heterocycles. The molecule has 6 heteroatoms. The van der Waals surface area contributed by atoms with Gasteiger partial charge in [0.2, 0.25) is 0 Å². The maximum absolute atomic E-state index is 12.2. The number of amides is 2. The number of halogens is 2. The molecule has 2 amide bonds. The Morgan fingerprint density at radius 2 is 1.65 bits per heavy atom. The maximum Gasteiger partial charge on any atom is 0.323 e. The molecule has 0 bridgehead atoms. The van der Waals surface area contributed by atoms with Gasteiger partial charge in [0.05, 0.1) is 22.8 Å². The van der Waals surface area contributed by atoms with Gasteiger partial charge in [-0.25, -0.2) is 4.79 Å². The van der Waals surface area contributed by atoms with Crippen LogP contribution in [0.4, 0.5) is 16.2 Å². The lowest BCUT2D eigenvalue weighted by Gasteiger charge is -2.10. The first-order valence-corrected chi connectivity index (χ1v) is 9.59. The van der Waals surface area contributed by atoms with E-state index in [-0.39, 0.29) is 6.03 Å². The van der Waals surface area contributed by atoms with Crippen molar-refractivity contribution >= 4 is 40.6 Å². The van der Waals surface area contributed by atoms with Crippen molar-refractivity contribution in [3.63, 3.8) is 0 Å². The van der Waals surface area contributed by atoms with Crippen molar-refractivity contribution in [3.8, 4) is 0 Å². The first-order valence-electron chi connectivity index (χ1n) is 8.83. The molecular formula is C20H20Cl2N2O2. The molecule has 4 rings (SSSR count). The van der Waals surface area contributed by atoms with Gasteiger partial charge in [-0.2, -0.15) is 0 Å². The van der Waals surface area contributed by atoms with E-state index < -0.39 is 0 Å². The van der Waals surface area contributed by atoms with E-state index in [0.29, 0.717) is 27.8 Å². The predicted octanol–water partition coefficient (Wildman–Crippen LogP) is 5.53. The van der Waals surface area contributed by atoms with Crippen LogP contribution >= 0.6 is 23.2 Å². The molecule has 1 saturated carbocycles. The summed E-state index contributed by atoms with van der Waals surface area (Å²) in [6.45, 7) is 0.833. The van der Waals surface area contributed by atoms with Crippen molar-refractivity contribution in [2.45, 2.75) is 31.8 Å². The lowest BCUT2D eigenvalue weighted by molar-refractivity contribution is 0.0889. The van der Waals surface area contributed by atoms with Crippen molar-refractivity contribution in [1.82, 2.24) is 0 Å². The number of fused-ring (bicyclic) bond motifs is 1. The third-order valence-electron chi connectivity index (χ3n) is 4.75. The Hall–Kier alpha value is -1.75. The normalized spacial score (nSPS) is 18.5. The number of hydrogen-bond acceptors (Lipinski definition) is 2. The Balaban J connectivity index is 1.34. The van der Waals surface area contributed by atoms with Crippen molar-refractivity contribution in [2.75, 3.05) is 17.2 Å². The number of anilines is 2. The van der Waals surface area contributed by atoms with E-state index in [1.807, 2.05) is 6.07 Å². The molecule has 2 N–H and O–H groups in total. The Kier molecular flexibility index (Phi) is 5.07. The quantitative estimate of drug-likeness (QED) is 0.704. The van der Waals surface area contributed by atoms with E-state index >= 15 is 0 Å². The summed E-state index contributed by atoms with van der Waals surface area (Å²) in [6.07, 6.45) is 4.98. The second-order valence-electron chi connectivity index (χ2n) is 7.00. The number of hydrogen-bond donors (Lipinski definition) is 2. The van der Waals surface area contributed by atoms with Crippen molar-refractivity contribution in [1.29, 1.82) is 0 Å². The molecule has 2 aromatic rings. The summed E-state index contributed by atoms with van der Waals surface area (Å²) in [4.78, 5) is 12.2. The Morgan fingerprint density at radius 1 is 0.962 bits per heavy atom. The SMILES string of the molecule is O=C(Nc1ccc(Cl)c(Cl)c1)Nc1ccc2c(c1)CC(COC1CC1)C2. The minimum atomic E-state index is -0.310. The molecule has 2 aliphatic rings. The number of carbonyl (C=O) groups is 1. The molecule has 136 valence electrons. The molecule has 1 fully saturated rings. The second-order valence-corrected chi connectivity index (χ2v) is 7.81. The van der Waals surface area contributed by atoms with Gasteiger partial charge in [0.25, 0.3) is 0 Å². The van der Waals surface area contributed by atoms with Crippen LogP contribution in [0.2, 0.25) is 10.0 Å². The Bertz CT molecular complexity index is 837. The van der Waals surface area contributed by atoms with Crippen LogP contribution in [-0.2, 0) is 17.6 Å². The van der Waals surface area contributed by atoms with Gasteiger partial charge in [-0.3, -0.25) is 0 Å². The zero-order valence-corrected chi connectivity index (χ0v) is 15.7. The standard InChI is InChI=1S/C20H20Cl2N2O2/c21-18-6-3-16(10-19(18)22)24-20(25)23-15-2-1-13-7-12(8-14(13)9-15)11-26-17-4-5-17/h1-3,6,9-10,12,17H,4-5,7-8,11H2,(H2,23,24,25). The molecule has 26 heavy (non-hydrogen) atoms. The van der Waals surface area contributed by atoms with Gasteiger partial charge < -0.3 is 15.4 Å². The van der Waals surface area contributed by atoms with Crippen molar-refractivity contribution in [2.24, 2.45) is 5.92 Å². The van der Waals surface area contributed by atoms with E-state index in [0.717, 1.165) is 25.1 Å². The molecule has 1 atom stereocenters. The maximum atomic E-state index is 12.2. The monoisotopic (exact) mass is 390 g/mol.